The lowest BCUT2D eigenvalue weighted by Crippen LogP contribution is -2.36. The smallest absolute Gasteiger partial charge is 0.322 e. The van der Waals surface area contributed by atoms with Crippen LogP contribution in [0.25, 0.3) is 5.69 Å². The van der Waals surface area contributed by atoms with Crippen LogP contribution in [0.15, 0.2) is 12.1 Å². The number of fused-ring (bicyclic) bond motifs is 3. The summed E-state index contributed by atoms with van der Waals surface area (Å²) < 4.78 is 28.5. The SMILES string of the molecule is CC(N)C(=O)OC1CCC(Nc2cc(-n3c4c(c5c3CC(C)(C)CC5=O)COC4)cc(F)c2C(N)=O)CC1. The van der Waals surface area contributed by atoms with E-state index < -0.39 is 23.7 Å². The lowest BCUT2D eigenvalue weighted by molar-refractivity contribution is -0.151. The van der Waals surface area contributed by atoms with E-state index in [0.717, 1.165) is 17.0 Å². The minimum atomic E-state index is -0.865. The van der Waals surface area contributed by atoms with Crippen molar-refractivity contribution in [1.29, 1.82) is 0 Å². The maximum atomic E-state index is 15.5. The molecule has 1 atom stereocenters. The summed E-state index contributed by atoms with van der Waals surface area (Å²) in [5, 5.41) is 3.33. The number of aromatic nitrogens is 1. The van der Waals surface area contributed by atoms with Crippen LogP contribution in [0, 0.1) is 11.2 Å². The second-order valence-corrected chi connectivity index (χ2v) is 11.6. The lowest BCUT2D eigenvalue weighted by atomic mass is 9.75. The summed E-state index contributed by atoms with van der Waals surface area (Å²) >= 11 is 0. The number of ketones is 1. The minimum absolute atomic E-state index is 0.0684. The van der Waals surface area contributed by atoms with E-state index in [4.69, 9.17) is 20.9 Å². The fraction of sp³-hybridized carbons (Fsp3) is 0.536. The second kappa shape index (κ2) is 9.81. The first-order valence-corrected chi connectivity index (χ1v) is 13.2. The summed E-state index contributed by atoms with van der Waals surface area (Å²) in [5.74, 6) is -1.95. The number of hydrogen-bond donors (Lipinski definition) is 3. The topological polar surface area (TPSA) is 139 Å². The highest BCUT2D eigenvalue weighted by molar-refractivity contribution is 6.01. The number of amides is 1. The van der Waals surface area contributed by atoms with Crippen molar-refractivity contribution in [3.63, 3.8) is 0 Å². The first-order chi connectivity index (χ1) is 17.9. The Kier molecular flexibility index (Phi) is 6.81. The van der Waals surface area contributed by atoms with Crippen LogP contribution in [-0.4, -0.2) is 40.4 Å². The molecule has 1 unspecified atom stereocenters. The largest absolute Gasteiger partial charge is 0.461 e. The van der Waals surface area contributed by atoms with Crippen molar-refractivity contribution < 1.29 is 28.2 Å². The van der Waals surface area contributed by atoms with E-state index >= 15 is 4.39 Å². The molecule has 3 aliphatic rings. The van der Waals surface area contributed by atoms with Crippen LogP contribution in [0.3, 0.4) is 0 Å². The summed E-state index contributed by atoms with van der Waals surface area (Å²) in [6, 6.07) is 2.29. The zero-order valence-electron chi connectivity index (χ0n) is 22.1. The fourth-order valence-corrected chi connectivity index (χ4v) is 6.03. The molecule has 0 bridgehead atoms. The zero-order valence-corrected chi connectivity index (χ0v) is 22.1. The summed E-state index contributed by atoms with van der Waals surface area (Å²) in [6.07, 6.45) is 3.44. The van der Waals surface area contributed by atoms with Gasteiger partial charge in [-0.3, -0.25) is 14.4 Å². The van der Waals surface area contributed by atoms with Crippen LogP contribution in [0.5, 0.6) is 0 Å². The van der Waals surface area contributed by atoms with Crippen LogP contribution >= 0.6 is 0 Å². The quantitative estimate of drug-likeness (QED) is 0.490. The molecule has 2 aliphatic carbocycles. The highest BCUT2D eigenvalue weighted by Gasteiger charge is 2.39. The highest BCUT2D eigenvalue weighted by Crippen LogP contribution is 2.43. The average Bonchev–Trinajstić information content (AvgIpc) is 3.38. The molecule has 38 heavy (non-hydrogen) atoms. The van der Waals surface area contributed by atoms with E-state index in [2.05, 4.69) is 19.2 Å². The van der Waals surface area contributed by atoms with E-state index in [0.29, 0.717) is 68.7 Å². The number of carbonyl (C=O) groups excluding carboxylic acids is 3. The predicted molar refractivity (Wildman–Crippen MR) is 139 cm³/mol. The first kappa shape index (κ1) is 26.4. The number of carbonyl (C=O) groups is 3. The Morgan fingerprint density at radius 1 is 1.16 bits per heavy atom. The average molecular weight is 527 g/mol. The Balaban J connectivity index is 1.48. The lowest BCUT2D eigenvalue weighted by Gasteiger charge is -2.31. The molecular formula is C28H35FN4O5. The number of hydrogen-bond acceptors (Lipinski definition) is 7. The number of rotatable bonds is 6. The molecule has 204 valence electrons. The zero-order chi connectivity index (χ0) is 27.4. The molecule has 9 nitrogen and oxygen atoms in total. The van der Waals surface area contributed by atoms with Crippen LogP contribution in [0.4, 0.5) is 10.1 Å². The van der Waals surface area contributed by atoms with Crippen molar-refractivity contribution in [3.8, 4) is 5.69 Å². The number of Topliss-reactive ketones (excluding diaryl/α,β-unsaturated/α-hetero) is 1. The third-order valence-electron chi connectivity index (χ3n) is 7.80. The predicted octanol–water partition coefficient (Wildman–Crippen LogP) is 3.51. The van der Waals surface area contributed by atoms with Gasteiger partial charge in [0.05, 0.1) is 35.8 Å². The summed E-state index contributed by atoms with van der Waals surface area (Å²) in [4.78, 5) is 37.2. The van der Waals surface area contributed by atoms with Gasteiger partial charge in [-0.15, -0.1) is 0 Å². The van der Waals surface area contributed by atoms with Gasteiger partial charge >= 0.3 is 5.97 Å². The third kappa shape index (κ3) is 4.82. The maximum absolute atomic E-state index is 15.5. The number of benzene rings is 1. The molecule has 1 aromatic carbocycles. The van der Waals surface area contributed by atoms with Crippen LogP contribution in [-0.2, 0) is 33.9 Å². The van der Waals surface area contributed by atoms with Gasteiger partial charge in [0.1, 0.15) is 18.0 Å². The fourth-order valence-electron chi connectivity index (χ4n) is 6.03. The van der Waals surface area contributed by atoms with Crippen LogP contribution in [0.2, 0.25) is 0 Å². The first-order valence-electron chi connectivity index (χ1n) is 13.2. The molecule has 5 rings (SSSR count). The van der Waals surface area contributed by atoms with Gasteiger partial charge in [0.15, 0.2) is 5.78 Å². The molecule has 0 saturated heterocycles. The summed E-state index contributed by atoms with van der Waals surface area (Å²) in [6.45, 7) is 6.36. The Hall–Kier alpha value is -3.24. The number of primary amides is 1. The van der Waals surface area contributed by atoms with Gasteiger partial charge in [-0.2, -0.15) is 0 Å². The molecular weight excluding hydrogens is 491 g/mol. The van der Waals surface area contributed by atoms with Crippen molar-refractivity contribution in [1.82, 2.24) is 4.57 Å². The standard InChI is InChI=1S/C28H35FN4O5/c1-14(30)27(36)38-17-6-4-15(5-7-17)32-20-9-16(8-19(29)25(20)26(31)35)33-21-10-28(2,3)11-23(34)24(21)18-12-37-13-22(18)33/h8-9,14-15,17,32H,4-7,10-13,30H2,1-3H3,(H2,31,35). The Morgan fingerprint density at radius 2 is 1.87 bits per heavy atom. The second-order valence-electron chi connectivity index (χ2n) is 11.6. The van der Waals surface area contributed by atoms with Crippen molar-refractivity contribution in [3.05, 3.63) is 46.0 Å². The van der Waals surface area contributed by atoms with Gasteiger partial charge in [-0.05, 0) is 56.6 Å². The Labute approximate surface area is 221 Å². The highest BCUT2D eigenvalue weighted by atomic mass is 19.1. The van der Waals surface area contributed by atoms with E-state index in [-0.39, 0.29) is 28.9 Å². The molecule has 1 aliphatic heterocycles. The van der Waals surface area contributed by atoms with Gasteiger partial charge in [0.25, 0.3) is 5.91 Å². The van der Waals surface area contributed by atoms with Crippen LogP contribution in [0.1, 0.15) is 90.5 Å². The van der Waals surface area contributed by atoms with Crippen molar-refractivity contribution >= 4 is 23.3 Å². The van der Waals surface area contributed by atoms with Gasteiger partial charge in [-0.1, -0.05) is 13.8 Å². The molecule has 5 N–H and O–H groups in total. The van der Waals surface area contributed by atoms with Gasteiger partial charge in [0.2, 0.25) is 0 Å². The molecule has 10 heteroatoms. The minimum Gasteiger partial charge on any atom is -0.461 e. The van der Waals surface area contributed by atoms with Crippen molar-refractivity contribution in [2.45, 2.75) is 90.7 Å². The molecule has 0 spiro atoms. The van der Waals surface area contributed by atoms with E-state index in [1.807, 2.05) is 4.57 Å². The summed E-state index contributed by atoms with van der Waals surface area (Å²) in [5.41, 5.74) is 14.8. The number of anilines is 1. The normalized spacial score (nSPS) is 22.9. The van der Waals surface area contributed by atoms with E-state index in [1.165, 1.54) is 6.07 Å². The van der Waals surface area contributed by atoms with E-state index in [9.17, 15) is 14.4 Å². The Bertz CT molecular complexity index is 1310. The number of nitrogens with zero attached hydrogens (tertiary/aromatic N) is 1. The number of halogens is 1. The molecule has 1 aromatic heterocycles. The molecule has 1 saturated carbocycles. The summed E-state index contributed by atoms with van der Waals surface area (Å²) in [7, 11) is 0. The molecule has 2 aromatic rings. The number of ether oxygens (including phenoxy) is 2. The maximum Gasteiger partial charge on any atom is 0.322 e. The van der Waals surface area contributed by atoms with Crippen molar-refractivity contribution in [2.24, 2.45) is 16.9 Å². The Morgan fingerprint density at radius 3 is 2.53 bits per heavy atom. The number of nitrogens with one attached hydrogen (secondary N) is 1. The third-order valence-corrected chi connectivity index (χ3v) is 7.80. The van der Waals surface area contributed by atoms with Crippen molar-refractivity contribution in [2.75, 3.05) is 5.32 Å². The molecule has 2 heterocycles. The monoisotopic (exact) mass is 526 g/mol. The van der Waals surface area contributed by atoms with Gasteiger partial charge in [0, 0.05) is 29.3 Å². The number of esters is 1. The number of nitrogens with two attached hydrogens (primary N) is 2. The molecule has 1 fully saturated rings. The van der Waals surface area contributed by atoms with Crippen LogP contribution < -0.4 is 16.8 Å². The molecule has 1 amide bonds. The van der Waals surface area contributed by atoms with E-state index in [1.54, 1.807) is 13.0 Å². The van der Waals surface area contributed by atoms with Gasteiger partial charge < -0.3 is 30.8 Å². The molecule has 0 radical (unpaired) electrons. The van der Waals surface area contributed by atoms with Gasteiger partial charge in [-0.25, -0.2) is 4.39 Å².